The lowest BCUT2D eigenvalue weighted by Crippen LogP contribution is -2.65. The number of aryl methyl sites for hydroxylation is 1. The Morgan fingerprint density at radius 1 is 1.10 bits per heavy atom. The van der Waals surface area contributed by atoms with Crippen molar-refractivity contribution in [3.8, 4) is 0 Å². The maximum Gasteiger partial charge on any atom is 0.390 e. The molecule has 10 nitrogen and oxygen atoms in total. The molecule has 0 radical (unpaired) electrons. The predicted octanol–water partition coefficient (Wildman–Crippen LogP) is 1.72. The zero-order valence-corrected chi connectivity index (χ0v) is 24.6. The van der Waals surface area contributed by atoms with E-state index in [9.17, 15) is 36.0 Å². The Hall–Kier alpha value is -2.71. The number of nitrogens with zero attached hydrogens (tertiary/aromatic N) is 2. The zero-order chi connectivity index (χ0) is 30.5. The van der Waals surface area contributed by atoms with Crippen LogP contribution >= 0.6 is 0 Å². The van der Waals surface area contributed by atoms with Crippen LogP contribution in [-0.4, -0.2) is 92.1 Å². The number of piperazine rings is 1. The monoisotopic (exact) mass is 603 g/mol. The molecule has 1 aliphatic heterocycles. The molecule has 1 aliphatic carbocycles. The zero-order valence-electron chi connectivity index (χ0n) is 23.8. The van der Waals surface area contributed by atoms with Crippen LogP contribution in [0.2, 0.25) is 0 Å². The Morgan fingerprint density at radius 3 is 2.41 bits per heavy atom. The van der Waals surface area contributed by atoms with E-state index in [4.69, 9.17) is 0 Å². The first kappa shape index (κ1) is 32.8. The Bertz CT molecular complexity index is 1210. The van der Waals surface area contributed by atoms with E-state index < -0.39 is 70.8 Å². The van der Waals surface area contributed by atoms with Gasteiger partial charge in [0.2, 0.25) is 27.7 Å². The number of amides is 3. The number of carbonyl (C=O) groups is 3. The average molecular weight is 604 g/mol. The van der Waals surface area contributed by atoms with E-state index >= 15 is 0 Å². The molecule has 0 bridgehead atoms. The van der Waals surface area contributed by atoms with Gasteiger partial charge in [0.05, 0.1) is 24.3 Å². The molecule has 230 valence electrons. The number of fused-ring (bicyclic) bond motifs is 1. The fraction of sp³-hybridized carbons (Fsp3) is 0.667. The van der Waals surface area contributed by atoms with Crippen molar-refractivity contribution >= 4 is 27.7 Å². The molecule has 0 spiro atoms. The minimum atomic E-state index is -4.66. The van der Waals surface area contributed by atoms with Crippen LogP contribution in [-0.2, 0) is 30.8 Å². The Balaban J connectivity index is 1.89. The maximum absolute atomic E-state index is 13.8. The molecule has 41 heavy (non-hydrogen) atoms. The standard InChI is InChI=1S/C27H40F3N5O5S/c1-17(2)23(33-24(36)18(3)31-4)26(38)35-14-13-34(41(39,40)15-12-27(28,29)30)16-22(35)25(37)32-21-11-7-9-19-8-5-6-10-20(19)21/h5-6,8,10,17-18,21-23,31H,7,9,11-16H2,1-4H3,(H,32,37)(H,33,36)/t18-,21?,22-,23-/m0/s1. The molecule has 4 atom stereocenters. The molecule has 1 aromatic rings. The molecule has 0 saturated carbocycles. The average Bonchev–Trinajstić information content (AvgIpc) is 2.93. The lowest BCUT2D eigenvalue weighted by molar-refractivity contribution is -0.147. The van der Waals surface area contributed by atoms with Crippen LogP contribution < -0.4 is 16.0 Å². The molecule has 1 saturated heterocycles. The highest BCUT2D eigenvalue weighted by Crippen LogP contribution is 2.30. The third-order valence-corrected chi connectivity index (χ3v) is 9.55. The summed E-state index contributed by atoms with van der Waals surface area (Å²) in [6.07, 6.45) is -3.87. The molecule has 3 N–H and O–H groups in total. The van der Waals surface area contributed by atoms with Gasteiger partial charge in [-0.15, -0.1) is 0 Å². The molecule has 3 amide bonds. The summed E-state index contributed by atoms with van der Waals surface area (Å²) in [5.74, 6) is -3.10. The number of halogens is 3. The van der Waals surface area contributed by atoms with Crippen molar-refractivity contribution in [2.24, 2.45) is 5.92 Å². The number of benzene rings is 1. The lowest BCUT2D eigenvalue weighted by Gasteiger charge is -2.42. The summed E-state index contributed by atoms with van der Waals surface area (Å²) in [7, 11) is -2.77. The van der Waals surface area contributed by atoms with Gasteiger partial charge >= 0.3 is 6.18 Å². The minimum Gasteiger partial charge on any atom is -0.347 e. The Kier molecular flexibility index (Phi) is 10.8. The Morgan fingerprint density at radius 2 is 1.78 bits per heavy atom. The van der Waals surface area contributed by atoms with E-state index in [2.05, 4.69) is 16.0 Å². The molecular formula is C27H40F3N5O5S. The number of likely N-dealkylation sites (N-methyl/N-ethyl adjacent to an activating group) is 1. The molecule has 1 fully saturated rings. The van der Waals surface area contributed by atoms with Gasteiger partial charge in [-0.1, -0.05) is 38.1 Å². The van der Waals surface area contributed by atoms with Crippen molar-refractivity contribution in [3.05, 3.63) is 35.4 Å². The molecule has 1 heterocycles. The maximum atomic E-state index is 13.8. The summed E-state index contributed by atoms with van der Waals surface area (Å²) < 4.78 is 65.0. The predicted molar refractivity (Wildman–Crippen MR) is 147 cm³/mol. The van der Waals surface area contributed by atoms with E-state index in [-0.39, 0.29) is 25.0 Å². The summed E-state index contributed by atoms with van der Waals surface area (Å²) in [6, 6.07) is 4.39. The van der Waals surface area contributed by atoms with Gasteiger partial charge in [0.1, 0.15) is 12.1 Å². The van der Waals surface area contributed by atoms with Crippen LogP contribution in [0.5, 0.6) is 0 Å². The molecule has 1 unspecified atom stereocenters. The fourth-order valence-corrected chi connectivity index (χ4v) is 6.62. The van der Waals surface area contributed by atoms with Crippen LogP contribution in [0.3, 0.4) is 0 Å². The van der Waals surface area contributed by atoms with Gasteiger partial charge in [0, 0.05) is 19.6 Å². The van der Waals surface area contributed by atoms with Gasteiger partial charge in [-0.2, -0.15) is 17.5 Å². The number of rotatable bonds is 10. The first-order chi connectivity index (χ1) is 19.1. The number of alkyl halides is 3. The summed E-state index contributed by atoms with van der Waals surface area (Å²) in [6.45, 7) is 4.12. The van der Waals surface area contributed by atoms with Crippen LogP contribution in [0.4, 0.5) is 13.2 Å². The van der Waals surface area contributed by atoms with Gasteiger partial charge in [0.25, 0.3) is 0 Å². The SMILES string of the molecule is CN[C@@H](C)C(=O)N[C@H](C(=O)N1CCN(S(=O)(=O)CCC(F)(F)F)C[C@H]1C(=O)NC1CCCc2ccccc21)C(C)C. The molecule has 1 aromatic carbocycles. The van der Waals surface area contributed by atoms with Crippen molar-refractivity contribution in [1.82, 2.24) is 25.2 Å². The summed E-state index contributed by atoms with van der Waals surface area (Å²) >= 11 is 0. The lowest BCUT2D eigenvalue weighted by atomic mass is 9.87. The van der Waals surface area contributed by atoms with Crippen molar-refractivity contribution in [2.75, 3.05) is 32.4 Å². The number of sulfonamides is 1. The second kappa shape index (κ2) is 13.5. The molecule has 0 aromatic heterocycles. The quantitative estimate of drug-likeness (QED) is 0.374. The highest BCUT2D eigenvalue weighted by molar-refractivity contribution is 7.89. The van der Waals surface area contributed by atoms with Crippen molar-refractivity contribution in [2.45, 2.75) is 76.8 Å². The van der Waals surface area contributed by atoms with Gasteiger partial charge in [-0.3, -0.25) is 14.4 Å². The van der Waals surface area contributed by atoms with E-state index in [1.54, 1.807) is 27.8 Å². The van der Waals surface area contributed by atoms with Gasteiger partial charge in [-0.25, -0.2) is 8.42 Å². The van der Waals surface area contributed by atoms with E-state index in [1.165, 1.54) is 4.90 Å². The first-order valence-electron chi connectivity index (χ1n) is 13.9. The highest BCUT2D eigenvalue weighted by Gasteiger charge is 2.43. The number of hydrogen-bond acceptors (Lipinski definition) is 6. The Labute approximate surface area is 239 Å². The third kappa shape index (κ3) is 8.41. The number of carbonyl (C=O) groups excluding carboxylic acids is 3. The van der Waals surface area contributed by atoms with Gasteiger partial charge < -0.3 is 20.9 Å². The summed E-state index contributed by atoms with van der Waals surface area (Å²) in [5.41, 5.74) is 2.02. The fourth-order valence-electron chi connectivity index (χ4n) is 5.15. The van der Waals surface area contributed by atoms with E-state index in [0.29, 0.717) is 6.42 Å². The second-order valence-corrected chi connectivity index (χ2v) is 13.1. The highest BCUT2D eigenvalue weighted by atomic mass is 32.2. The smallest absolute Gasteiger partial charge is 0.347 e. The summed E-state index contributed by atoms with van der Waals surface area (Å²) in [5, 5.41) is 8.48. The third-order valence-electron chi connectivity index (χ3n) is 7.71. The normalized spacial score (nSPS) is 21.6. The number of nitrogens with one attached hydrogen (secondary N) is 3. The van der Waals surface area contributed by atoms with Crippen LogP contribution in [0.25, 0.3) is 0 Å². The molecular weight excluding hydrogens is 563 g/mol. The molecule has 2 aliphatic rings. The minimum absolute atomic E-state index is 0.218. The van der Waals surface area contributed by atoms with E-state index in [1.807, 2.05) is 24.3 Å². The van der Waals surface area contributed by atoms with Gasteiger partial charge in [-0.05, 0) is 50.3 Å². The summed E-state index contributed by atoms with van der Waals surface area (Å²) in [4.78, 5) is 41.4. The topological polar surface area (TPSA) is 128 Å². The molecule has 14 heteroatoms. The van der Waals surface area contributed by atoms with Gasteiger partial charge in [0.15, 0.2) is 0 Å². The van der Waals surface area contributed by atoms with Crippen LogP contribution in [0, 0.1) is 5.92 Å². The largest absolute Gasteiger partial charge is 0.390 e. The van der Waals surface area contributed by atoms with E-state index in [0.717, 1.165) is 28.3 Å². The second-order valence-electron chi connectivity index (χ2n) is 11.0. The first-order valence-corrected chi connectivity index (χ1v) is 15.5. The van der Waals surface area contributed by atoms with Crippen molar-refractivity contribution in [1.29, 1.82) is 0 Å². The number of hydrogen-bond donors (Lipinski definition) is 3. The molecule has 3 rings (SSSR count). The van der Waals surface area contributed by atoms with Crippen LogP contribution in [0.1, 0.15) is 57.2 Å². The van der Waals surface area contributed by atoms with Crippen LogP contribution in [0.15, 0.2) is 24.3 Å². The van der Waals surface area contributed by atoms with Crippen molar-refractivity contribution < 1.29 is 36.0 Å². The van der Waals surface area contributed by atoms with Crippen molar-refractivity contribution in [3.63, 3.8) is 0 Å².